The molecule has 37 heavy (non-hydrogen) atoms. The van der Waals surface area contributed by atoms with E-state index in [4.69, 9.17) is 4.74 Å². The van der Waals surface area contributed by atoms with Gasteiger partial charge >= 0.3 is 5.97 Å². The molecule has 4 aromatic rings. The molecule has 0 spiro atoms. The standard InChI is InChI=1S/C27H25N5O4S/c1-18-4-8-20(9-5-18)25-30-31-27(32(25)22-12-14-23(35-2)15-13-22)37-17-24(33)29-28-16-19-6-10-21(11-7-19)26(34)36-3/h4-16H,17H2,1-3H3,(H,29,33)/b28-16-. The van der Waals surface area contributed by atoms with E-state index in [0.29, 0.717) is 16.5 Å². The second-order valence-corrected chi connectivity index (χ2v) is 8.84. The molecule has 188 valence electrons. The predicted octanol–water partition coefficient (Wildman–Crippen LogP) is 4.28. The Bertz CT molecular complexity index is 1400. The zero-order chi connectivity index (χ0) is 26.2. The monoisotopic (exact) mass is 515 g/mol. The van der Waals surface area contributed by atoms with Gasteiger partial charge < -0.3 is 9.47 Å². The molecule has 0 saturated carbocycles. The molecule has 0 fully saturated rings. The van der Waals surface area contributed by atoms with E-state index in [1.165, 1.54) is 25.1 Å². The highest BCUT2D eigenvalue weighted by atomic mass is 32.2. The summed E-state index contributed by atoms with van der Waals surface area (Å²) in [6.45, 7) is 2.03. The van der Waals surface area contributed by atoms with Crippen molar-refractivity contribution in [1.82, 2.24) is 20.2 Å². The van der Waals surface area contributed by atoms with Gasteiger partial charge in [0.15, 0.2) is 11.0 Å². The minimum absolute atomic E-state index is 0.0841. The van der Waals surface area contributed by atoms with Crippen LogP contribution in [0.4, 0.5) is 0 Å². The van der Waals surface area contributed by atoms with Gasteiger partial charge in [-0.2, -0.15) is 5.10 Å². The molecule has 1 aromatic heterocycles. The maximum Gasteiger partial charge on any atom is 0.337 e. The number of amides is 1. The number of nitrogens with one attached hydrogen (secondary N) is 1. The molecule has 0 radical (unpaired) electrons. The van der Waals surface area contributed by atoms with Crippen LogP contribution >= 0.6 is 11.8 Å². The van der Waals surface area contributed by atoms with Gasteiger partial charge in [-0.15, -0.1) is 10.2 Å². The fraction of sp³-hybridized carbons (Fsp3) is 0.148. The summed E-state index contributed by atoms with van der Waals surface area (Å²) in [5.41, 5.74) is 6.57. The largest absolute Gasteiger partial charge is 0.497 e. The number of esters is 1. The zero-order valence-corrected chi connectivity index (χ0v) is 21.4. The van der Waals surface area contributed by atoms with E-state index in [9.17, 15) is 9.59 Å². The lowest BCUT2D eigenvalue weighted by Crippen LogP contribution is -2.20. The molecule has 3 aromatic carbocycles. The third-order valence-corrected chi connectivity index (χ3v) is 6.27. The molecule has 0 aliphatic heterocycles. The molecule has 1 amide bonds. The molecule has 0 unspecified atom stereocenters. The molecule has 10 heteroatoms. The number of rotatable bonds is 9. The first kappa shape index (κ1) is 25.6. The number of methoxy groups -OCH3 is 2. The number of hydrogen-bond acceptors (Lipinski definition) is 8. The summed E-state index contributed by atoms with van der Waals surface area (Å²) < 4.78 is 11.9. The first-order valence-electron chi connectivity index (χ1n) is 11.3. The summed E-state index contributed by atoms with van der Waals surface area (Å²) >= 11 is 1.25. The maximum atomic E-state index is 12.5. The van der Waals surface area contributed by atoms with Crippen molar-refractivity contribution in [3.8, 4) is 22.8 Å². The van der Waals surface area contributed by atoms with Crippen LogP contribution in [0.15, 0.2) is 83.1 Å². The van der Waals surface area contributed by atoms with Crippen LogP contribution in [0.1, 0.15) is 21.5 Å². The zero-order valence-electron chi connectivity index (χ0n) is 20.5. The Balaban J connectivity index is 1.46. The van der Waals surface area contributed by atoms with Crippen LogP contribution in [0.2, 0.25) is 0 Å². The van der Waals surface area contributed by atoms with Crippen molar-refractivity contribution in [2.45, 2.75) is 12.1 Å². The van der Waals surface area contributed by atoms with Gasteiger partial charge in [0.1, 0.15) is 5.75 Å². The molecule has 0 aliphatic carbocycles. The van der Waals surface area contributed by atoms with Crippen LogP contribution in [0.3, 0.4) is 0 Å². The molecular weight excluding hydrogens is 490 g/mol. The highest BCUT2D eigenvalue weighted by molar-refractivity contribution is 7.99. The van der Waals surface area contributed by atoms with Crippen molar-refractivity contribution >= 4 is 29.9 Å². The van der Waals surface area contributed by atoms with Crippen molar-refractivity contribution in [2.75, 3.05) is 20.0 Å². The van der Waals surface area contributed by atoms with Gasteiger partial charge in [-0.3, -0.25) is 9.36 Å². The number of aryl methyl sites for hydroxylation is 1. The van der Waals surface area contributed by atoms with Gasteiger partial charge in [-0.25, -0.2) is 10.2 Å². The fourth-order valence-electron chi connectivity index (χ4n) is 3.38. The van der Waals surface area contributed by atoms with Gasteiger partial charge in [0.2, 0.25) is 0 Å². The van der Waals surface area contributed by atoms with Gasteiger partial charge in [-0.1, -0.05) is 53.7 Å². The second kappa shape index (κ2) is 12.0. The molecule has 0 aliphatic rings. The van der Waals surface area contributed by atoms with E-state index in [2.05, 4.69) is 25.5 Å². The van der Waals surface area contributed by atoms with E-state index in [1.807, 2.05) is 60.0 Å². The Morgan fingerprint density at radius 3 is 2.32 bits per heavy atom. The summed E-state index contributed by atoms with van der Waals surface area (Å²) in [4.78, 5) is 24.0. The minimum Gasteiger partial charge on any atom is -0.497 e. The smallest absolute Gasteiger partial charge is 0.337 e. The van der Waals surface area contributed by atoms with E-state index >= 15 is 0 Å². The van der Waals surface area contributed by atoms with Gasteiger partial charge in [0.25, 0.3) is 5.91 Å². The molecule has 0 saturated heterocycles. The second-order valence-electron chi connectivity index (χ2n) is 7.90. The van der Waals surface area contributed by atoms with Crippen LogP contribution in [0, 0.1) is 6.92 Å². The quantitative estimate of drug-likeness (QED) is 0.153. The van der Waals surface area contributed by atoms with Crippen molar-refractivity contribution in [3.63, 3.8) is 0 Å². The fourth-order valence-corrected chi connectivity index (χ4v) is 4.13. The number of thioether (sulfide) groups is 1. The van der Waals surface area contributed by atoms with Crippen LogP contribution in [-0.4, -0.2) is 52.8 Å². The Morgan fingerprint density at radius 1 is 0.973 bits per heavy atom. The lowest BCUT2D eigenvalue weighted by Gasteiger charge is -2.11. The maximum absolute atomic E-state index is 12.5. The first-order valence-corrected chi connectivity index (χ1v) is 12.3. The Hall–Kier alpha value is -4.44. The summed E-state index contributed by atoms with van der Waals surface area (Å²) in [6.07, 6.45) is 1.50. The van der Waals surface area contributed by atoms with Crippen LogP contribution < -0.4 is 10.2 Å². The van der Waals surface area contributed by atoms with Crippen LogP contribution in [-0.2, 0) is 9.53 Å². The van der Waals surface area contributed by atoms with E-state index in [1.54, 1.807) is 31.4 Å². The number of hydrazone groups is 1. The molecule has 4 rings (SSSR count). The summed E-state index contributed by atoms with van der Waals surface area (Å²) in [6, 6.07) is 22.3. The third kappa shape index (κ3) is 6.42. The SMILES string of the molecule is COC(=O)c1ccc(/C=N\NC(=O)CSc2nnc(-c3ccc(C)cc3)n2-c2ccc(OC)cc2)cc1. The molecule has 0 atom stereocenters. The first-order chi connectivity index (χ1) is 18.0. The lowest BCUT2D eigenvalue weighted by molar-refractivity contribution is -0.118. The number of nitrogens with zero attached hydrogens (tertiary/aromatic N) is 4. The van der Waals surface area contributed by atoms with Crippen LogP contribution in [0.25, 0.3) is 17.1 Å². The van der Waals surface area contributed by atoms with Crippen molar-refractivity contribution < 1.29 is 19.1 Å². The molecule has 0 bridgehead atoms. The number of carbonyl (C=O) groups is 2. The average Bonchev–Trinajstić information content (AvgIpc) is 3.36. The van der Waals surface area contributed by atoms with Gasteiger partial charge in [0, 0.05) is 11.3 Å². The van der Waals surface area contributed by atoms with Crippen molar-refractivity contribution in [2.24, 2.45) is 5.10 Å². The summed E-state index contributed by atoms with van der Waals surface area (Å²) in [5, 5.41) is 13.3. The molecule has 1 N–H and O–H groups in total. The Labute approximate surface area is 218 Å². The minimum atomic E-state index is -0.415. The lowest BCUT2D eigenvalue weighted by atomic mass is 10.1. The molecular formula is C27H25N5O4S. The van der Waals surface area contributed by atoms with E-state index < -0.39 is 5.97 Å². The normalized spacial score (nSPS) is 10.9. The Morgan fingerprint density at radius 2 is 1.68 bits per heavy atom. The van der Waals surface area contributed by atoms with Crippen LogP contribution in [0.5, 0.6) is 5.75 Å². The molecule has 1 heterocycles. The number of carbonyl (C=O) groups excluding carboxylic acids is 2. The number of hydrogen-bond donors (Lipinski definition) is 1. The molecule has 9 nitrogen and oxygen atoms in total. The highest BCUT2D eigenvalue weighted by Gasteiger charge is 2.17. The van der Waals surface area contributed by atoms with E-state index in [-0.39, 0.29) is 11.7 Å². The average molecular weight is 516 g/mol. The van der Waals surface area contributed by atoms with E-state index in [0.717, 1.165) is 28.1 Å². The number of aromatic nitrogens is 3. The summed E-state index contributed by atoms with van der Waals surface area (Å²) in [7, 11) is 2.94. The van der Waals surface area contributed by atoms with Gasteiger partial charge in [-0.05, 0) is 48.9 Å². The number of ether oxygens (including phenoxy) is 2. The van der Waals surface area contributed by atoms with Gasteiger partial charge in [0.05, 0.1) is 31.8 Å². The van der Waals surface area contributed by atoms with Crippen molar-refractivity contribution in [1.29, 1.82) is 0 Å². The topological polar surface area (TPSA) is 108 Å². The van der Waals surface area contributed by atoms with Crippen molar-refractivity contribution in [3.05, 3.63) is 89.5 Å². The highest BCUT2D eigenvalue weighted by Crippen LogP contribution is 2.29. The number of benzene rings is 3. The third-order valence-electron chi connectivity index (χ3n) is 5.34. The summed E-state index contributed by atoms with van der Waals surface area (Å²) in [5.74, 6) is 0.776. The predicted molar refractivity (Wildman–Crippen MR) is 142 cm³/mol. The Kier molecular flexibility index (Phi) is 8.32.